The average Bonchev–Trinajstić information content (AvgIpc) is 2.05. The third kappa shape index (κ3) is 2.63. The largest absolute Gasteiger partial charge is 0.302 e. The fraction of sp³-hybridized carbons (Fsp3) is 0.667. The SMILES string of the molecule is C=C(Br)C[C@@]1(C=O)CCCCS1. The van der Waals surface area contributed by atoms with Crippen LogP contribution >= 0.6 is 27.7 Å². The Bertz CT molecular complexity index is 185. The molecule has 0 spiro atoms. The molecule has 0 unspecified atom stereocenters. The van der Waals surface area contributed by atoms with Crippen molar-refractivity contribution < 1.29 is 4.79 Å². The Morgan fingerprint density at radius 3 is 2.83 bits per heavy atom. The summed E-state index contributed by atoms with van der Waals surface area (Å²) in [6.07, 6.45) is 5.30. The summed E-state index contributed by atoms with van der Waals surface area (Å²) in [7, 11) is 0. The molecule has 0 aromatic rings. The number of carbonyl (C=O) groups excluding carboxylic acids is 1. The van der Waals surface area contributed by atoms with Crippen LogP contribution in [0.15, 0.2) is 11.1 Å². The van der Waals surface area contributed by atoms with Crippen molar-refractivity contribution in [2.45, 2.75) is 30.4 Å². The van der Waals surface area contributed by atoms with Crippen molar-refractivity contribution in [3.63, 3.8) is 0 Å². The quantitative estimate of drug-likeness (QED) is 0.715. The van der Waals surface area contributed by atoms with Crippen LogP contribution in [0, 0.1) is 0 Å². The molecular formula is C9H13BrOS. The van der Waals surface area contributed by atoms with E-state index in [-0.39, 0.29) is 4.75 Å². The standard InChI is InChI=1S/C9H13BrOS/c1-8(10)6-9(7-11)4-2-3-5-12-9/h7H,1-6H2/t9-/m1/s1. The maximum Gasteiger partial charge on any atom is 0.136 e. The summed E-state index contributed by atoms with van der Waals surface area (Å²) in [4.78, 5) is 10.9. The molecule has 1 nitrogen and oxygen atoms in total. The van der Waals surface area contributed by atoms with Crippen LogP contribution in [0.3, 0.4) is 0 Å². The Morgan fingerprint density at radius 2 is 2.42 bits per heavy atom. The van der Waals surface area contributed by atoms with E-state index >= 15 is 0 Å². The van der Waals surface area contributed by atoms with Crippen LogP contribution < -0.4 is 0 Å². The predicted octanol–water partition coefficient (Wildman–Crippen LogP) is 3.14. The zero-order chi connectivity index (χ0) is 9.03. The summed E-state index contributed by atoms with van der Waals surface area (Å²) < 4.78 is 0.766. The molecule has 0 amide bonds. The van der Waals surface area contributed by atoms with Gasteiger partial charge in [0.15, 0.2) is 0 Å². The first-order valence-electron chi connectivity index (χ1n) is 4.12. The Labute approximate surface area is 86.1 Å². The van der Waals surface area contributed by atoms with Gasteiger partial charge in [-0.15, -0.1) is 11.8 Å². The van der Waals surface area contributed by atoms with Gasteiger partial charge >= 0.3 is 0 Å². The molecule has 1 atom stereocenters. The van der Waals surface area contributed by atoms with E-state index in [0.717, 1.165) is 29.4 Å². The van der Waals surface area contributed by atoms with Crippen LogP contribution in [0.5, 0.6) is 0 Å². The Morgan fingerprint density at radius 1 is 1.67 bits per heavy atom. The maximum atomic E-state index is 10.9. The van der Waals surface area contributed by atoms with Gasteiger partial charge in [0.25, 0.3) is 0 Å². The number of hydrogen-bond donors (Lipinski definition) is 0. The first kappa shape index (κ1) is 10.3. The molecule has 1 aliphatic rings. The second-order valence-electron chi connectivity index (χ2n) is 3.18. The molecule has 0 radical (unpaired) electrons. The monoisotopic (exact) mass is 248 g/mol. The zero-order valence-electron chi connectivity index (χ0n) is 7.01. The second-order valence-corrected chi connectivity index (χ2v) is 5.81. The number of carbonyl (C=O) groups is 1. The van der Waals surface area contributed by atoms with Gasteiger partial charge in [-0.2, -0.15) is 0 Å². The molecule has 0 aromatic heterocycles. The van der Waals surface area contributed by atoms with E-state index in [1.54, 1.807) is 11.8 Å². The molecule has 1 rings (SSSR count). The van der Waals surface area contributed by atoms with E-state index in [9.17, 15) is 4.79 Å². The predicted molar refractivity (Wildman–Crippen MR) is 57.8 cm³/mol. The van der Waals surface area contributed by atoms with Gasteiger partial charge in [-0.05, 0) is 29.5 Å². The third-order valence-corrected chi connectivity index (χ3v) is 3.88. The number of allylic oxidation sites excluding steroid dienone is 1. The van der Waals surface area contributed by atoms with E-state index in [1.807, 2.05) is 0 Å². The van der Waals surface area contributed by atoms with Crippen LogP contribution in [0.2, 0.25) is 0 Å². The molecular weight excluding hydrogens is 236 g/mol. The van der Waals surface area contributed by atoms with E-state index < -0.39 is 0 Å². The molecule has 0 N–H and O–H groups in total. The Kier molecular flexibility index (Phi) is 3.84. The van der Waals surface area contributed by atoms with Gasteiger partial charge in [0.05, 0.1) is 4.75 Å². The molecule has 1 saturated heterocycles. The maximum absolute atomic E-state index is 10.9. The lowest BCUT2D eigenvalue weighted by atomic mass is 9.98. The third-order valence-electron chi connectivity index (χ3n) is 2.09. The van der Waals surface area contributed by atoms with E-state index in [0.29, 0.717) is 0 Å². The minimum absolute atomic E-state index is 0.168. The average molecular weight is 249 g/mol. The number of aldehydes is 1. The number of hydrogen-bond acceptors (Lipinski definition) is 2. The highest BCUT2D eigenvalue weighted by Gasteiger charge is 2.32. The highest BCUT2D eigenvalue weighted by atomic mass is 79.9. The second kappa shape index (κ2) is 4.47. The fourth-order valence-electron chi connectivity index (χ4n) is 1.47. The molecule has 0 saturated carbocycles. The van der Waals surface area contributed by atoms with Crippen LogP contribution in [-0.4, -0.2) is 16.8 Å². The first-order valence-corrected chi connectivity index (χ1v) is 5.90. The van der Waals surface area contributed by atoms with Gasteiger partial charge in [-0.3, -0.25) is 0 Å². The van der Waals surface area contributed by atoms with E-state index in [2.05, 4.69) is 22.5 Å². The lowest BCUT2D eigenvalue weighted by Gasteiger charge is -2.30. The van der Waals surface area contributed by atoms with Gasteiger partial charge < -0.3 is 4.79 Å². The lowest BCUT2D eigenvalue weighted by molar-refractivity contribution is -0.110. The van der Waals surface area contributed by atoms with Crippen molar-refractivity contribution >= 4 is 34.0 Å². The molecule has 0 bridgehead atoms. The van der Waals surface area contributed by atoms with Crippen molar-refractivity contribution in [3.8, 4) is 0 Å². The molecule has 12 heavy (non-hydrogen) atoms. The molecule has 0 aliphatic carbocycles. The zero-order valence-corrected chi connectivity index (χ0v) is 9.42. The Balaban J connectivity index is 2.59. The van der Waals surface area contributed by atoms with Gasteiger partial charge in [0.1, 0.15) is 6.29 Å². The minimum atomic E-state index is -0.168. The molecule has 1 fully saturated rings. The summed E-state index contributed by atoms with van der Waals surface area (Å²) in [5.41, 5.74) is 0. The van der Waals surface area contributed by atoms with Crippen molar-refractivity contribution in [1.29, 1.82) is 0 Å². The van der Waals surface area contributed by atoms with Crippen molar-refractivity contribution in [1.82, 2.24) is 0 Å². The van der Waals surface area contributed by atoms with Crippen LogP contribution in [0.4, 0.5) is 0 Å². The van der Waals surface area contributed by atoms with Crippen LogP contribution in [0.25, 0.3) is 0 Å². The number of thioether (sulfide) groups is 1. The smallest absolute Gasteiger partial charge is 0.136 e. The van der Waals surface area contributed by atoms with Crippen LogP contribution in [0.1, 0.15) is 25.7 Å². The summed E-state index contributed by atoms with van der Waals surface area (Å²) >= 11 is 5.10. The van der Waals surface area contributed by atoms with Gasteiger partial charge in [-0.1, -0.05) is 28.9 Å². The molecule has 3 heteroatoms. The lowest BCUT2D eigenvalue weighted by Crippen LogP contribution is -2.30. The van der Waals surface area contributed by atoms with Gasteiger partial charge in [0.2, 0.25) is 0 Å². The summed E-state index contributed by atoms with van der Waals surface area (Å²) in [5, 5.41) is 0. The number of halogens is 1. The molecule has 68 valence electrons. The molecule has 0 aromatic carbocycles. The van der Waals surface area contributed by atoms with E-state index in [1.165, 1.54) is 12.8 Å². The normalized spacial score (nSPS) is 29.8. The highest BCUT2D eigenvalue weighted by Crippen LogP contribution is 2.40. The van der Waals surface area contributed by atoms with Crippen molar-refractivity contribution in [2.75, 3.05) is 5.75 Å². The Hall–Kier alpha value is 0.240. The summed E-state index contributed by atoms with van der Waals surface area (Å²) in [6.45, 7) is 3.79. The topological polar surface area (TPSA) is 17.1 Å². The summed E-state index contributed by atoms with van der Waals surface area (Å²) in [5.74, 6) is 1.11. The molecule has 1 heterocycles. The molecule has 1 aliphatic heterocycles. The minimum Gasteiger partial charge on any atom is -0.302 e. The highest BCUT2D eigenvalue weighted by molar-refractivity contribution is 9.11. The first-order chi connectivity index (χ1) is 5.68. The van der Waals surface area contributed by atoms with E-state index in [4.69, 9.17) is 0 Å². The van der Waals surface area contributed by atoms with Gasteiger partial charge in [-0.25, -0.2) is 0 Å². The fourth-order valence-corrected chi connectivity index (χ4v) is 3.55. The van der Waals surface area contributed by atoms with Gasteiger partial charge in [0, 0.05) is 0 Å². The van der Waals surface area contributed by atoms with Crippen molar-refractivity contribution in [3.05, 3.63) is 11.1 Å². The van der Waals surface area contributed by atoms with Crippen LogP contribution in [-0.2, 0) is 4.79 Å². The van der Waals surface area contributed by atoms with Crippen molar-refractivity contribution in [2.24, 2.45) is 0 Å². The number of rotatable bonds is 3. The summed E-state index contributed by atoms with van der Waals surface area (Å²) in [6, 6.07) is 0.